The van der Waals surface area contributed by atoms with Crippen molar-refractivity contribution >= 4 is 17.4 Å². The molecule has 2 aromatic rings. The van der Waals surface area contributed by atoms with E-state index in [1.54, 1.807) is 18.2 Å². The van der Waals surface area contributed by atoms with E-state index in [-0.39, 0.29) is 12.1 Å². The number of hydrogen-bond acceptors (Lipinski definition) is 5. The van der Waals surface area contributed by atoms with Gasteiger partial charge in [0.25, 0.3) is 0 Å². The van der Waals surface area contributed by atoms with E-state index < -0.39 is 11.9 Å². The standard InChI is InChI=1S/C18H18ClF3N4O/c19-12-4-5-17(23-10-12)27-14-6-7-25-8-9-26(11-13(14)25)16-3-1-2-15(24-16)18(20,21)22/h1-5,10,13-14H,6-9,11H2. The number of rotatable bonds is 3. The van der Waals surface area contributed by atoms with Gasteiger partial charge < -0.3 is 9.64 Å². The normalized spacial score (nSPS) is 23.3. The topological polar surface area (TPSA) is 41.5 Å². The Hall–Kier alpha value is -2.06. The summed E-state index contributed by atoms with van der Waals surface area (Å²) in [5.74, 6) is 0.848. The van der Waals surface area contributed by atoms with Gasteiger partial charge in [-0.05, 0) is 24.6 Å². The molecule has 2 aliphatic rings. The molecule has 27 heavy (non-hydrogen) atoms. The van der Waals surface area contributed by atoms with E-state index in [1.165, 1.54) is 12.3 Å². The first-order valence-electron chi connectivity index (χ1n) is 8.71. The highest BCUT2D eigenvalue weighted by molar-refractivity contribution is 6.30. The zero-order valence-corrected chi connectivity index (χ0v) is 15.1. The van der Waals surface area contributed by atoms with E-state index in [2.05, 4.69) is 14.9 Å². The Labute approximate surface area is 159 Å². The average Bonchev–Trinajstić information content (AvgIpc) is 3.05. The van der Waals surface area contributed by atoms with Gasteiger partial charge in [0.05, 0.1) is 11.1 Å². The van der Waals surface area contributed by atoms with Crippen molar-refractivity contribution in [3.05, 3.63) is 47.2 Å². The van der Waals surface area contributed by atoms with Crippen LogP contribution < -0.4 is 9.64 Å². The van der Waals surface area contributed by atoms with Crippen molar-refractivity contribution in [1.29, 1.82) is 0 Å². The molecule has 0 saturated carbocycles. The number of hydrogen-bond donors (Lipinski definition) is 0. The second kappa shape index (κ2) is 7.16. The lowest BCUT2D eigenvalue weighted by molar-refractivity contribution is -0.141. The van der Waals surface area contributed by atoms with E-state index in [0.717, 1.165) is 25.6 Å². The number of fused-ring (bicyclic) bond motifs is 1. The number of piperazine rings is 1. The molecular formula is C18H18ClF3N4O. The number of pyridine rings is 2. The van der Waals surface area contributed by atoms with Crippen LogP contribution in [0.15, 0.2) is 36.5 Å². The Morgan fingerprint density at radius 3 is 2.70 bits per heavy atom. The highest BCUT2D eigenvalue weighted by Crippen LogP contribution is 2.31. The molecule has 0 aromatic carbocycles. The predicted molar refractivity (Wildman–Crippen MR) is 95.1 cm³/mol. The van der Waals surface area contributed by atoms with Crippen molar-refractivity contribution in [2.75, 3.05) is 31.1 Å². The van der Waals surface area contributed by atoms with Gasteiger partial charge in [0.1, 0.15) is 17.6 Å². The van der Waals surface area contributed by atoms with Crippen molar-refractivity contribution in [3.63, 3.8) is 0 Å². The molecule has 4 rings (SSSR count). The highest BCUT2D eigenvalue weighted by atomic mass is 35.5. The minimum absolute atomic E-state index is 0.0765. The van der Waals surface area contributed by atoms with Crippen LogP contribution in [0.4, 0.5) is 19.0 Å². The molecule has 0 N–H and O–H groups in total. The third-order valence-electron chi connectivity index (χ3n) is 4.98. The van der Waals surface area contributed by atoms with Crippen molar-refractivity contribution in [2.24, 2.45) is 0 Å². The number of anilines is 1. The lowest BCUT2D eigenvalue weighted by Crippen LogP contribution is -2.54. The molecular weight excluding hydrogens is 381 g/mol. The number of nitrogens with zero attached hydrogens (tertiary/aromatic N) is 4. The lowest BCUT2D eigenvalue weighted by atomic mass is 10.1. The fourth-order valence-corrected chi connectivity index (χ4v) is 3.76. The van der Waals surface area contributed by atoms with Gasteiger partial charge in [0.15, 0.2) is 0 Å². The Kier molecular flexibility index (Phi) is 4.86. The Bertz CT molecular complexity index is 802. The molecule has 2 fully saturated rings. The lowest BCUT2D eigenvalue weighted by Gasteiger charge is -2.39. The summed E-state index contributed by atoms with van der Waals surface area (Å²) in [6.45, 7) is 2.85. The second-order valence-corrected chi connectivity index (χ2v) is 7.12. The fraction of sp³-hybridized carbons (Fsp3) is 0.444. The number of halogens is 4. The van der Waals surface area contributed by atoms with Gasteiger partial charge >= 0.3 is 6.18 Å². The van der Waals surface area contributed by atoms with Crippen LogP contribution in [0.3, 0.4) is 0 Å². The van der Waals surface area contributed by atoms with E-state index in [0.29, 0.717) is 29.8 Å². The van der Waals surface area contributed by atoms with Crippen LogP contribution in [-0.2, 0) is 6.18 Å². The van der Waals surface area contributed by atoms with Crippen molar-refractivity contribution < 1.29 is 17.9 Å². The van der Waals surface area contributed by atoms with Crippen molar-refractivity contribution in [2.45, 2.75) is 24.7 Å². The summed E-state index contributed by atoms with van der Waals surface area (Å²) < 4.78 is 44.9. The summed E-state index contributed by atoms with van der Waals surface area (Å²) in [4.78, 5) is 12.2. The molecule has 0 aliphatic carbocycles. The first-order chi connectivity index (χ1) is 12.9. The minimum Gasteiger partial charge on any atom is -0.473 e. The van der Waals surface area contributed by atoms with E-state index >= 15 is 0 Å². The maximum atomic E-state index is 13.0. The van der Waals surface area contributed by atoms with Gasteiger partial charge in [-0.25, -0.2) is 9.97 Å². The summed E-state index contributed by atoms with van der Waals surface area (Å²) in [6.07, 6.45) is -2.15. The second-order valence-electron chi connectivity index (χ2n) is 6.69. The zero-order chi connectivity index (χ0) is 19.0. The fourth-order valence-electron chi connectivity index (χ4n) is 3.65. The van der Waals surface area contributed by atoms with E-state index in [4.69, 9.17) is 16.3 Å². The summed E-state index contributed by atoms with van der Waals surface area (Å²) >= 11 is 5.85. The third-order valence-corrected chi connectivity index (χ3v) is 5.21. The molecule has 0 bridgehead atoms. The van der Waals surface area contributed by atoms with Crippen LogP contribution in [0.1, 0.15) is 12.1 Å². The molecule has 0 amide bonds. The number of alkyl halides is 3. The van der Waals surface area contributed by atoms with Crippen LogP contribution >= 0.6 is 11.6 Å². The summed E-state index contributed by atoms with van der Waals surface area (Å²) in [5, 5.41) is 0.537. The van der Waals surface area contributed by atoms with Crippen LogP contribution in [0.2, 0.25) is 5.02 Å². The smallest absolute Gasteiger partial charge is 0.433 e. The van der Waals surface area contributed by atoms with Crippen LogP contribution in [0, 0.1) is 0 Å². The largest absolute Gasteiger partial charge is 0.473 e. The number of aromatic nitrogens is 2. The zero-order valence-electron chi connectivity index (χ0n) is 14.4. The Morgan fingerprint density at radius 1 is 1.11 bits per heavy atom. The average molecular weight is 399 g/mol. The van der Waals surface area contributed by atoms with Crippen molar-refractivity contribution in [1.82, 2.24) is 14.9 Å². The maximum absolute atomic E-state index is 13.0. The van der Waals surface area contributed by atoms with Gasteiger partial charge in [0.2, 0.25) is 5.88 Å². The third kappa shape index (κ3) is 3.96. The molecule has 2 atom stereocenters. The molecule has 144 valence electrons. The van der Waals surface area contributed by atoms with Gasteiger partial charge in [-0.15, -0.1) is 0 Å². The molecule has 2 aliphatic heterocycles. The molecule has 4 heterocycles. The van der Waals surface area contributed by atoms with E-state index in [1.807, 2.05) is 4.90 Å². The van der Waals surface area contributed by atoms with Gasteiger partial charge in [-0.1, -0.05) is 17.7 Å². The monoisotopic (exact) mass is 398 g/mol. The maximum Gasteiger partial charge on any atom is 0.433 e. The Morgan fingerprint density at radius 2 is 1.96 bits per heavy atom. The quantitative estimate of drug-likeness (QED) is 0.791. The van der Waals surface area contributed by atoms with Crippen LogP contribution in [0.25, 0.3) is 0 Å². The molecule has 0 spiro atoms. The van der Waals surface area contributed by atoms with E-state index in [9.17, 15) is 13.2 Å². The first-order valence-corrected chi connectivity index (χ1v) is 9.09. The molecule has 2 unspecified atom stereocenters. The highest BCUT2D eigenvalue weighted by Gasteiger charge is 2.40. The van der Waals surface area contributed by atoms with Gasteiger partial charge in [0, 0.05) is 38.4 Å². The first kappa shape index (κ1) is 18.3. The van der Waals surface area contributed by atoms with Gasteiger partial charge in [-0.2, -0.15) is 13.2 Å². The molecule has 2 aromatic heterocycles. The molecule has 2 saturated heterocycles. The molecule has 5 nitrogen and oxygen atoms in total. The van der Waals surface area contributed by atoms with Crippen LogP contribution in [-0.4, -0.2) is 53.2 Å². The summed E-state index contributed by atoms with van der Waals surface area (Å²) in [7, 11) is 0. The summed E-state index contributed by atoms with van der Waals surface area (Å²) in [6, 6.07) is 7.53. The number of ether oxygens (including phenoxy) is 1. The predicted octanol–water partition coefficient (Wildman–Crippen LogP) is 3.49. The SMILES string of the molecule is FC(F)(F)c1cccc(N2CCN3CCC(Oc4ccc(Cl)cn4)C3C2)n1. The van der Waals surface area contributed by atoms with Gasteiger partial charge in [-0.3, -0.25) is 4.90 Å². The van der Waals surface area contributed by atoms with Crippen LogP contribution in [0.5, 0.6) is 5.88 Å². The minimum atomic E-state index is -4.45. The van der Waals surface area contributed by atoms with Crippen molar-refractivity contribution in [3.8, 4) is 5.88 Å². The summed E-state index contributed by atoms with van der Waals surface area (Å²) in [5.41, 5.74) is -0.869. The molecule has 0 radical (unpaired) electrons. The Balaban J connectivity index is 1.49. The molecule has 9 heteroatoms.